The van der Waals surface area contributed by atoms with E-state index in [0.29, 0.717) is 18.9 Å². The zero-order chi connectivity index (χ0) is 16.8. The van der Waals surface area contributed by atoms with E-state index in [-0.39, 0.29) is 31.0 Å². The molecular formula is C19H23ClN2O3. The fourth-order valence-electron chi connectivity index (χ4n) is 2.62. The van der Waals surface area contributed by atoms with E-state index in [9.17, 15) is 4.79 Å². The first-order valence-electron chi connectivity index (χ1n) is 8.13. The predicted molar refractivity (Wildman–Crippen MR) is 99.1 cm³/mol. The Morgan fingerprint density at radius 3 is 2.28 bits per heavy atom. The summed E-state index contributed by atoms with van der Waals surface area (Å²) >= 11 is 0. The molecule has 3 rings (SSSR count). The first-order chi connectivity index (χ1) is 11.7. The standard InChI is InChI=1S/C19H22N2O3.ClH/c20-16-10-11-21(12-16)19(22)14-24-18-8-6-17(7-9-18)23-13-15-4-2-1-3-5-15;/h1-9,16H,10-14,20H2;1H/t16-;/m1./s1. The van der Waals surface area contributed by atoms with Gasteiger partial charge in [-0.1, -0.05) is 30.3 Å². The molecule has 134 valence electrons. The number of ether oxygens (including phenoxy) is 2. The smallest absolute Gasteiger partial charge is 0.260 e. The van der Waals surface area contributed by atoms with Gasteiger partial charge in [0.1, 0.15) is 18.1 Å². The highest BCUT2D eigenvalue weighted by Gasteiger charge is 2.23. The van der Waals surface area contributed by atoms with Crippen LogP contribution >= 0.6 is 12.4 Å². The first kappa shape index (κ1) is 19.1. The number of nitrogens with two attached hydrogens (primary N) is 1. The van der Waals surface area contributed by atoms with E-state index in [4.69, 9.17) is 15.2 Å². The van der Waals surface area contributed by atoms with Crippen molar-refractivity contribution in [3.63, 3.8) is 0 Å². The summed E-state index contributed by atoms with van der Waals surface area (Å²) in [6.45, 7) is 1.90. The van der Waals surface area contributed by atoms with Gasteiger partial charge in [-0.15, -0.1) is 12.4 Å². The molecule has 1 fully saturated rings. The molecule has 2 aromatic rings. The Morgan fingerprint density at radius 1 is 1.04 bits per heavy atom. The molecule has 0 unspecified atom stereocenters. The summed E-state index contributed by atoms with van der Waals surface area (Å²) in [5.74, 6) is 1.40. The topological polar surface area (TPSA) is 64.8 Å². The molecule has 0 radical (unpaired) electrons. The lowest BCUT2D eigenvalue weighted by Crippen LogP contribution is -2.35. The molecule has 0 spiro atoms. The largest absolute Gasteiger partial charge is 0.489 e. The number of amides is 1. The SMILES string of the molecule is Cl.N[C@@H]1CCN(C(=O)COc2ccc(OCc3ccccc3)cc2)C1. The fourth-order valence-corrected chi connectivity index (χ4v) is 2.62. The summed E-state index contributed by atoms with van der Waals surface area (Å²) in [5.41, 5.74) is 6.93. The van der Waals surface area contributed by atoms with E-state index in [0.717, 1.165) is 24.3 Å². The average molecular weight is 363 g/mol. The number of benzene rings is 2. The van der Waals surface area contributed by atoms with Crippen LogP contribution in [-0.2, 0) is 11.4 Å². The van der Waals surface area contributed by atoms with E-state index in [1.165, 1.54) is 0 Å². The highest BCUT2D eigenvalue weighted by molar-refractivity contribution is 5.85. The lowest BCUT2D eigenvalue weighted by atomic mass is 10.2. The summed E-state index contributed by atoms with van der Waals surface area (Å²) < 4.78 is 11.3. The van der Waals surface area contributed by atoms with Gasteiger partial charge in [0.05, 0.1) is 0 Å². The molecule has 0 bridgehead atoms. The van der Waals surface area contributed by atoms with Crippen molar-refractivity contribution in [3.8, 4) is 11.5 Å². The number of halogens is 1. The van der Waals surface area contributed by atoms with Crippen LogP contribution in [0.5, 0.6) is 11.5 Å². The summed E-state index contributed by atoms with van der Waals surface area (Å²) in [6.07, 6.45) is 0.860. The molecule has 5 nitrogen and oxygen atoms in total. The molecule has 0 saturated carbocycles. The number of nitrogens with zero attached hydrogens (tertiary/aromatic N) is 1. The lowest BCUT2D eigenvalue weighted by molar-refractivity contribution is -0.132. The van der Waals surface area contributed by atoms with Gasteiger partial charge in [0.2, 0.25) is 0 Å². The normalized spacial score (nSPS) is 16.2. The third-order valence-electron chi connectivity index (χ3n) is 4.01. The molecule has 1 saturated heterocycles. The summed E-state index contributed by atoms with van der Waals surface area (Å²) in [7, 11) is 0. The van der Waals surface area contributed by atoms with Gasteiger partial charge in [-0.3, -0.25) is 4.79 Å². The van der Waals surface area contributed by atoms with Crippen LogP contribution in [0.15, 0.2) is 54.6 Å². The summed E-state index contributed by atoms with van der Waals surface area (Å²) in [5, 5.41) is 0. The van der Waals surface area contributed by atoms with Gasteiger partial charge < -0.3 is 20.1 Å². The van der Waals surface area contributed by atoms with Crippen molar-refractivity contribution in [2.45, 2.75) is 19.1 Å². The minimum atomic E-state index is -0.0210. The molecule has 25 heavy (non-hydrogen) atoms. The Kier molecular flexibility index (Phi) is 7.10. The van der Waals surface area contributed by atoms with E-state index in [1.807, 2.05) is 54.6 Å². The molecule has 1 atom stereocenters. The fraction of sp³-hybridized carbons (Fsp3) is 0.316. The second-order valence-electron chi connectivity index (χ2n) is 5.92. The quantitative estimate of drug-likeness (QED) is 0.858. The number of likely N-dealkylation sites (tertiary alicyclic amines) is 1. The zero-order valence-electron chi connectivity index (χ0n) is 14.0. The first-order valence-corrected chi connectivity index (χ1v) is 8.13. The number of carbonyl (C=O) groups excluding carboxylic acids is 1. The molecular weight excluding hydrogens is 340 g/mol. The van der Waals surface area contributed by atoms with E-state index in [2.05, 4.69) is 0 Å². The van der Waals surface area contributed by atoms with Crippen LogP contribution < -0.4 is 15.2 Å². The molecule has 1 aliphatic heterocycles. The maximum Gasteiger partial charge on any atom is 0.260 e. The van der Waals surface area contributed by atoms with Gasteiger partial charge in [0.25, 0.3) is 5.91 Å². The van der Waals surface area contributed by atoms with Gasteiger partial charge >= 0.3 is 0 Å². The van der Waals surface area contributed by atoms with Gasteiger partial charge in [0, 0.05) is 19.1 Å². The maximum absolute atomic E-state index is 12.0. The van der Waals surface area contributed by atoms with E-state index < -0.39 is 0 Å². The van der Waals surface area contributed by atoms with Crippen molar-refractivity contribution in [3.05, 3.63) is 60.2 Å². The predicted octanol–water partition coefficient (Wildman–Crippen LogP) is 2.63. The van der Waals surface area contributed by atoms with Crippen molar-refractivity contribution in [2.75, 3.05) is 19.7 Å². The Balaban J connectivity index is 0.00000225. The molecule has 2 aromatic carbocycles. The van der Waals surface area contributed by atoms with Crippen molar-refractivity contribution in [1.82, 2.24) is 4.90 Å². The monoisotopic (exact) mass is 362 g/mol. The summed E-state index contributed by atoms with van der Waals surface area (Å²) in [4.78, 5) is 13.8. The second kappa shape index (κ2) is 9.30. The van der Waals surface area contributed by atoms with Crippen LogP contribution in [-0.4, -0.2) is 36.5 Å². The van der Waals surface area contributed by atoms with Crippen LogP contribution in [0.2, 0.25) is 0 Å². The maximum atomic E-state index is 12.0. The van der Waals surface area contributed by atoms with Crippen LogP contribution in [0, 0.1) is 0 Å². The third kappa shape index (κ3) is 5.66. The molecule has 6 heteroatoms. The highest BCUT2D eigenvalue weighted by Crippen LogP contribution is 2.19. The van der Waals surface area contributed by atoms with Crippen LogP contribution in [0.3, 0.4) is 0 Å². The average Bonchev–Trinajstić information content (AvgIpc) is 3.06. The summed E-state index contributed by atoms with van der Waals surface area (Å²) in [6, 6.07) is 17.4. The van der Waals surface area contributed by atoms with E-state index in [1.54, 1.807) is 4.90 Å². The van der Waals surface area contributed by atoms with Gasteiger partial charge in [-0.05, 0) is 36.2 Å². The van der Waals surface area contributed by atoms with Crippen molar-refractivity contribution in [1.29, 1.82) is 0 Å². The molecule has 1 aliphatic rings. The Labute approximate surface area is 154 Å². The van der Waals surface area contributed by atoms with Crippen LogP contribution in [0.4, 0.5) is 0 Å². The lowest BCUT2D eigenvalue weighted by Gasteiger charge is -2.16. The Hall–Kier alpha value is -2.24. The third-order valence-corrected chi connectivity index (χ3v) is 4.01. The van der Waals surface area contributed by atoms with Crippen LogP contribution in [0.1, 0.15) is 12.0 Å². The van der Waals surface area contributed by atoms with Crippen molar-refractivity contribution in [2.24, 2.45) is 5.73 Å². The molecule has 0 aromatic heterocycles. The van der Waals surface area contributed by atoms with Crippen molar-refractivity contribution < 1.29 is 14.3 Å². The number of carbonyl (C=O) groups is 1. The van der Waals surface area contributed by atoms with Gasteiger partial charge in [0.15, 0.2) is 6.61 Å². The van der Waals surface area contributed by atoms with Crippen molar-refractivity contribution >= 4 is 18.3 Å². The highest BCUT2D eigenvalue weighted by atomic mass is 35.5. The zero-order valence-corrected chi connectivity index (χ0v) is 14.8. The molecule has 0 aliphatic carbocycles. The van der Waals surface area contributed by atoms with Gasteiger partial charge in [-0.25, -0.2) is 0 Å². The van der Waals surface area contributed by atoms with E-state index >= 15 is 0 Å². The minimum Gasteiger partial charge on any atom is -0.489 e. The molecule has 1 heterocycles. The Morgan fingerprint density at radius 2 is 1.68 bits per heavy atom. The minimum absolute atomic E-state index is 0. The second-order valence-corrected chi connectivity index (χ2v) is 5.92. The number of hydrogen-bond acceptors (Lipinski definition) is 4. The molecule has 2 N–H and O–H groups in total. The molecule has 1 amide bonds. The Bertz CT molecular complexity index is 664. The van der Waals surface area contributed by atoms with Gasteiger partial charge in [-0.2, -0.15) is 0 Å². The number of hydrogen-bond donors (Lipinski definition) is 1. The number of rotatable bonds is 6. The van der Waals surface area contributed by atoms with Crippen LogP contribution in [0.25, 0.3) is 0 Å².